The molecule has 1 heterocycles. The number of carbonyl (C=O) groups excluding carboxylic acids is 1. The Morgan fingerprint density at radius 2 is 1.81 bits per heavy atom. The minimum absolute atomic E-state index is 0.168. The van der Waals surface area contributed by atoms with Crippen molar-refractivity contribution in [1.82, 2.24) is 9.97 Å². The largest absolute Gasteiger partial charge is 0.388 e. The highest BCUT2D eigenvalue weighted by Crippen LogP contribution is 2.34. The number of nitrogens with zero attached hydrogens (tertiary/aromatic N) is 3. The van der Waals surface area contributed by atoms with Crippen molar-refractivity contribution >= 4 is 64.0 Å². The molecule has 0 spiro atoms. The van der Waals surface area contributed by atoms with E-state index >= 15 is 0 Å². The molecular formula is C22H22Cl3N5O2. The molecule has 0 bridgehead atoms. The third-order valence-corrected chi connectivity index (χ3v) is 5.75. The summed E-state index contributed by atoms with van der Waals surface area (Å²) in [5.74, 6) is 0.563. The molecular weight excluding hydrogens is 473 g/mol. The molecule has 0 saturated carbocycles. The number of para-hydroxylation sites is 1. The van der Waals surface area contributed by atoms with E-state index in [1.807, 2.05) is 13.0 Å². The van der Waals surface area contributed by atoms with Gasteiger partial charge in [0.2, 0.25) is 5.95 Å². The van der Waals surface area contributed by atoms with Crippen LogP contribution in [-0.4, -0.2) is 32.7 Å². The monoisotopic (exact) mass is 493 g/mol. The molecule has 0 saturated heterocycles. The van der Waals surface area contributed by atoms with Gasteiger partial charge in [-0.2, -0.15) is 4.98 Å². The number of anilines is 4. The van der Waals surface area contributed by atoms with Gasteiger partial charge >= 0.3 is 6.03 Å². The van der Waals surface area contributed by atoms with E-state index in [-0.39, 0.29) is 27.7 Å². The summed E-state index contributed by atoms with van der Waals surface area (Å²) in [7, 11) is 0. The fraction of sp³-hybridized carbons (Fsp3) is 0.227. The number of urea groups is 1. The number of hydrogen-bond acceptors (Lipinski definition) is 5. The van der Waals surface area contributed by atoms with E-state index in [2.05, 4.69) is 20.6 Å². The Bertz CT molecular complexity index is 1110. The Morgan fingerprint density at radius 1 is 1.12 bits per heavy atom. The molecule has 0 aliphatic rings. The topological polar surface area (TPSA) is 90.4 Å². The summed E-state index contributed by atoms with van der Waals surface area (Å²) in [6.07, 6.45) is 1.52. The van der Waals surface area contributed by atoms with Gasteiger partial charge in [-0.1, -0.05) is 53.0 Å². The second-order valence-corrected chi connectivity index (χ2v) is 8.83. The minimum Gasteiger partial charge on any atom is -0.388 e. The van der Waals surface area contributed by atoms with Gasteiger partial charge in [0.05, 0.1) is 33.1 Å². The van der Waals surface area contributed by atoms with Crippen LogP contribution in [0.3, 0.4) is 0 Å². The Labute approximate surface area is 201 Å². The molecule has 0 fully saturated rings. The molecule has 1 atom stereocenters. The van der Waals surface area contributed by atoms with Crippen LogP contribution in [0.1, 0.15) is 20.8 Å². The second-order valence-electron chi connectivity index (χ2n) is 7.61. The third-order valence-electron chi connectivity index (χ3n) is 4.73. The predicted molar refractivity (Wildman–Crippen MR) is 130 cm³/mol. The lowest BCUT2D eigenvalue weighted by Crippen LogP contribution is -2.40. The molecule has 2 amide bonds. The summed E-state index contributed by atoms with van der Waals surface area (Å²) < 4.78 is 0. The van der Waals surface area contributed by atoms with Gasteiger partial charge < -0.3 is 15.7 Å². The number of amides is 2. The summed E-state index contributed by atoms with van der Waals surface area (Å²) in [6.45, 7) is 5.17. The average Bonchev–Trinajstić information content (AvgIpc) is 2.72. The van der Waals surface area contributed by atoms with Crippen LogP contribution >= 0.6 is 34.8 Å². The van der Waals surface area contributed by atoms with Crippen LogP contribution in [0.2, 0.25) is 15.1 Å². The zero-order chi connectivity index (χ0) is 23.5. The van der Waals surface area contributed by atoms with Crippen LogP contribution < -0.4 is 15.5 Å². The molecule has 10 heteroatoms. The van der Waals surface area contributed by atoms with Crippen LogP contribution in [0.4, 0.5) is 27.9 Å². The van der Waals surface area contributed by atoms with E-state index in [0.717, 1.165) is 0 Å². The van der Waals surface area contributed by atoms with Crippen molar-refractivity contribution in [3.63, 3.8) is 0 Å². The van der Waals surface area contributed by atoms with Crippen molar-refractivity contribution in [3.05, 3.63) is 69.8 Å². The first kappa shape index (κ1) is 24.1. The highest BCUT2D eigenvalue weighted by Gasteiger charge is 2.25. The fourth-order valence-corrected chi connectivity index (χ4v) is 3.31. The maximum atomic E-state index is 13.3. The lowest BCUT2D eigenvalue weighted by molar-refractivity contribution is 0.0646. The van der Waals surface area contributed by atoms with Crippen molar-refractivity contribution in [2.75, 3.05) is 15.5 Å². The smallest absolute Gasteiger partial charge is 0.332 e. The molecule has 1 aromatic heterocycles. The SMILES string of the molecule is C[C@H](Nc1nccc(N(C(=O)Nc2cc(Cl)cc(Cl)c2Cl)c2ccccc2)n1)C(C)(C)O. The standard InChI is InChI=1S/C22H22Cl3N5O2/c1-13(22(2,3)32)27-20-26-10-9-18(29-20)30(15-7-5-4-6-8-15)21(31)28-17-12-14(23)11-16(24)19(17)25/h4-13,32H,1-3H3,(H,28,31)(H,26,27,29)/t13-/m0/s1. The first-order valence-corrected chi connectivity index (χ1v) is 10.8. The summed E-state index contributed by atoms with van der Waals surface area (Å²) in [4.78, 5) is 23.4. The Morgan fingerprint density at radius 3 is 2.47 bits per heavy atom. The second kappa shape index (κ2) is 9.92. The highest BCUT2D eigenvalue weighted by molar-refractivity contribution is 6.45. The average molecular weight is 495 g/mol. The van der Waals surface area contributed by atoms with Crippen LogP contribution in [0.5, 0.6) is 0 Å². The van der Waals surface area contributed by atoms with Crippen molar-refractivity contribution in [2.24, 2.45) is 0 Å². The minimum atomic E-state index is -1.00. The molecule has 0 unspecified atom stereocenters. The van der Waals surface area contributed by atoms with Gasteiger partial charge in [-0.3, -0.25) is 0 Å². The van der Waals surface area contributed by atoms with Crippen LogP contribution in [0.25, 0.3) is 0 Å². The van der Waals surface area contributed by atoms with E-state index in [0.29, 0.717) is 16.5 Å². The molecule has 168 valence electrons. The summed E-state index contributed by atoms with van der Waals surface area (Å²) in [5.41, 5.74) is -0.175. The first-order valence-electron chi connectivity index (χ1n) is 9.69. The van der Waals surface area contributed by atoms with Crippen molar-refractivity contribution in [3.8, 4) is 0 Å². The zero-order valence-corrected chi connectivity index (χ0v) is 19.9. The lowest BCUT2D eigenvalue weighted by atomic mass is 10.0. The van der Waals surface area contributed by atoms with E-state index in [1.165, 1.54) is 23.2 Å². The van der Waals surface area contributed by atoms with Gasteiger partial charge in [-0.15, -0.1) is 0 Å². The molecule has 0 aliphatic carbocycles. The number of aliphatic hydroxyl groups is 1. The van der Waals surface area contributed by atoms with Gasteiger partial charge in [-0.05, 0) is 45.0 Å². The Balaban J connectivity index is 1.98. The number of hydrogen-bond donors (Lipinski definition) is 3. The normalized spacial score (nSPS) is 12.2. The van der Waals surface area contributed by atoms with Crippen LogP contribution in [0.15, 0.2) is 54.7 Å². The summed E-state index contributed by atoms with van der Waals surface area (Å²) in [6, 6.07) is 12.7. The van der Waals surface area contributed by atoms with E-state index in [1.54, 1.807) is 44.2 Å². The highest BCUT2D eigenvalue weighted by atomic mass is 35.5. The van der Waals surface area contributed by atoms with Crippen LogP contribution in [-0.2, 0) is 0 Å². The maximum absolute atomic E-state index is 13.3. The third kappa shape index (κ3) is 5.81. The number of benzene rings is 2. The quantitative estimate of drug-likeness (QED) is 0.346. The van der Waals surface area contributed by atoms with E-state index in [4.69, 9.17) is 34.8 Å². The zero-order valence-electron chi connectivity index (χ0n) is 17.6. The first-order chi connectivity index (χ1) is 15.1. The number of halogens is 3. The molecule has 7 nitrogen and oxygen atoms in total. The fourth-order valence-electron chi connectivity index (χ4n) is 2.66. The van der Waals surface area contributed by atoms with E-state index < -0.39 is 11.6 Å². The Hall–Kier alpha value is -2.58. The van der Waals surface area contributed by atoms with Crippen molar-refractivity contribution in [2.45, 2.75) is 32.4 Å². The molecule has 2 aromatic carbocycles. The molecule has 3 aromatic rings. The Kier molecular flexibility index (Phi) is 7.46. The van der Waals surface area contributed by atoms with Gasteiger partial charge in [0.25, 0.3) is 0 Å². The molecule has 32 heavy (non-hydrogen) atoms. The van der Waals surface area contributed by atoms with Crippen molar-refractivity contribution < 1.29 is 9.90 Å². The summed E-state index contributed by atoms with van der Waals surface area (Å²) in [5, 5.41) is 16.7. The van der Waals surface area contributed by atoms with Gasteiger partial charge in [0, 0.05) is 17.3 Å². The predicted octanol–water partition coefficient (Wildman–Crippen LogP) is 6.38. The van der Waals surface area contributed by atoms with Gasteiger partial charge in [-0.25, -0.2) is 14.7 Å². The molecule has 3 rings (SSSR count). The van der Waals surface area contributed by atoms with Crippen LogP contribution in [0, 0.1) is 0 Å². The number of nitrogens with one attached hydrogen (secondary N) is 2. The number of aromatic nitrogens is 2. The van der Waals surface area contributed by atoms with Gasteiger partial charge in [0.1, 0.15) is 5.82 Å². The molecule has 0 radical (unpaired) electrons. The molecule has 0 aliphatic heterocycles. The maximum Gasteiger partial charge on any atom is 0.332 e. The molecule has 3 N–H and O–H groups in total. The van der Waals surface area contributed by atoms with Crippen molar-refractivity contribution in [1.29, 1.82) is 0 Å². The summed E-state index contributed by atoms with van der Waals surface area (Å²) >= 11 is 18.4. The lowest BCUT2D eigenvalue weighted by Gasteiger charge is -2.27. The van der Waals surface area contributed by atoms with Gasteiger partial charge in [0.15, 0.2) is 0 Å². The van der Waals surface area contributed by atoms with E-state index in [9.17, 15) is 9.90 Å². The number of rotatable bonds is 6. The number of carbonyl (C=O) groups is 1.